The van der Waals surface area contributed by atoms with Crippen molar-refractivity contribution in [2.75, 3.05) is 52.5 Å². The Bertz CT molecular complexity index is 997. The minimum absolute atomic E-state index is 0.337. The molecule has 4 rings (SSSR count). The predicted octanol–water partition coefficient (Wildman–Crippen LogP) is 4.73. The highest BCUT2D eigenvalue weighted by atomic mass is 16.6. The number of unbranched alkanes of at least 4 members (excludes halogenated alkanes) is 7. The van der Waals surface area contributed by atoms with Crippen molar-refractivity contribution in [3.63, 3.8) is 0 Å². The first-order valence-corrected chi connectivity index (χ1v) is 20.5. The van der Waals surface area contributed by atoms with Gasteiger partial charge in [0.15, 0.2) is 11.2 Å². The molecule has 2 unspecified atom stereocenters. The van der Waals surface area contributed by atoms with Gasteiger partial charge in [-0.1, -0.05) is 53.4 Å². The van der Waals surface area contributed by atoms with Crippen LogP contribution in [0.1, 0.15) is 131 Å². The van der Waals surface area contributed by atoms with Crippen molar-refractivity contribution in [3.8, 4) is 0 Å². The summed E-state index contributed by atoms with van der Waals surface area (Å²) in [4.78, 5) is 25.6. The SMILES string of the molecule is CC(C)[C@@](O)(C(=O)OC[C@@H]1CC[N+]2(CCCCCCCCCC[N+]34CCC[C@H]3[C@H](COC(=O)[C@](O)(C(C)C)[C@@H](C)O)CC4)CCC[C@@H]12)[C@@H](C)O. The number of quaternary nitrogens is 2. The molecular formula is C40H74N2O8+2. The fourth-order valence-electron chi connectivity index (χ4n) is 10.7. The highest BCUT2D eigenvalue weighted by molar-refractivity contribution is 5.81. The Labute approximate surface area is 303 Å². The smallest absolute Gasteiger partial charge is 0.341 e. The lowest BCUT2D eigenvalue weighted by atomic mass is 9.85. The van der Waals surface area contributed by atoms with E-state index in [4.69, 9.17) is 9.47 Å². The van der Waals surface area contributed by atoms with Crippen molar-refractivity contribution >= 4 is 11.9 Å². The van der Waals surface area contributed by atoms with Gasteiger partial charge in [0, 0.05) is 38.5 Å². The minimum Gasteiger partial charge on any atom is -0.463 e. The van der Waals surface area contributed by atoms with Crippen molar-refractivity contribution in [3.05, 3.63) is 0 Å². The number of carbonyl (C=O) groups excluding carboxylic acids is 2. The van der Waals surface area contributed by atoms with Crippen molar-refractivity contribution < 1.29 is 48.5 Å². The van der Waals surface area contributed by atoms with Crippen LogP contribution in [0.15, 0.2) is 0 Å². The maximum Gasteiger partial charge on any atom is 0.341 e. The first-order valence-electron chi connectivity index (χ1n) is 20.5. The molecule has 0 aliphatic carbocycles. The summed E-state index contributed by atoms with van der Waals surface area (Å²) in [6.45, 7) is 17.8. The molecule has 0 aromatic rings. The van der Waals surface area contributed by atoms with Crippen LogP contribution in [-0.2, 0) is 19.1 Å². The molecule has 0 amide bonds. The highest BCUT2D eigenvalue weighted by Crippen LogP contribution is 2.42. The molecule has 10 atom stereocenters. The van der Waals surface area contributed by atoms with Crippen LogP contribution < -0.4 is 0 Å². The van der Waals surface area contributed by atoms with Gasteiger partial charge in [0.1, 0.15) is 13.2 Å². The summed E-state index contributed by atoms with van der Waals surface area (Å²) in [7, 11) is 0. The molecule has 4 N–H and O–H groups in total. The minimum atomic E-state index is -1.86. The van der Waals surface area contributed by atoms with Gasteiger partial charge in [0.25, 0.3) is 0 Å². The third-order valence-electron chi connectivity index (χ3n) is 14.1. The normalized spacial score (nSPS) is 32.8. The van der Waals surface area contributed by atoms with E-state index >= 15 is 0 Å². The zero-order chi connectivity index (χ0) is 36.7. The second-order valence-electron chi connectivity index (χ2n) is 17.6. The van der Waals surface area contributed by atoms with Crippen molar-refractivity contribution in [1.82, 2.24) is 0 Å². The number of esters is 2. The summed E-state index contributed by atoms with van der Waals surface area (Å²) in [5.74, 6) is -1.55. The predicted molar refractivity (Wildman–Crippen MR) is 194 cm³/mol. The second kappa shape index (κ2) is 17.7. The van der Waals surface area contributed by atoms with Crippen LogP contribution in [0.25, 0.3) is 0 Å². The van der Waals surface area contributed by atoms with Gasteiger partial charge in [-0.05, 0) is 51.4 Å². The number of aliphatic hydroxyl groups is 4. The fraction of sp³-hybridized carbons (Fsp3) is 0.950. The summed E-state index contributed by atoms with van der Waals surface area (Å²) in [5.41, 5.74) is -3.72. The summed E-state index contributed by atoms with van der Waals surface area (Å²) in [6.07, 6.45) is 14.9. The molecule has 0 radical (unpaired) electrons. The van der Waals surface area contributed by atoms with E-state index in [0.717, 1.165) is 25.9 Å². The van der Waals surface area contributed by atoms with E-state index < -0.39 is 47.2 Å². The molecule has 0 aromatic heterocycles. The summed E-state index contributed by atoms with van der Waals surface area (Å²) < 4.78 is 13.7. The molecule has 10 heteroatoms. The molecule has 0 bridgehead atoms. The number of fused-ring (bicyclic) bond motifs is 2. The first kappa shape index (κ1) is 41.5. The molecule has 4 aliphatic heterocycles. The Hall–Kier alpha value is -1.30. The monoisotopic (exact) mass is 711 g/mol. The Morgan fingerprint density at radius 1 is 0.580 bits per heavy atom. The van der Waals surface area contributed by atoms with Gasteiger partial charge in [-0.25, -0.2) is 9.59 Å². The molecule has 4 heterocycles. The van der Waals surface area contributed by atoms with E-state index in [1.165, 1.54) is 126 Å². The van der Waals surface area contributed by atoms with Gasteiger partial charge in [0.2, 0.25) is 0 Å². The van der Waals surface area contributed by atoms with E-state index in [0.29, 0.717) is 37.1 Å². The molecule has 0 spiro atoms. The second-order valence-corrected chi connectivity index (χ2v) is 17.6. The topological polar surface area (TPSA) is 134 Å². The Morgan fingerprint density at radius 3 is 1.24 bits per heavy atom. The molecule has 10 nitrogen and oxygen atoms in total. The lowest BCUT2D eigenvalue weighted by molar-refractivity contribution is -0.929. The highest BCUT2D eigenvalue weighted by Gasteiger charge is 2.54. The molecule has 50 heavy (non-hydrogen) atoms. The Morgan fingerprint density at radius 2 is 0.920 bits per heavy atom. The van der Waals surface area contributed by atoms with Gasteiger partial charge in [-0.15, -0.1) is 0 Å². The van der Waals surface area contributed by atoms with Crippen molar-refractivity contribution in [1.29, 1.82) is 0 Å². The molecule has 4 fully saturated rings. The molecule has 0 aromatic carbocycles. The maximum absolute atomic E-state index is 12.8. The first-order chi connectivity index (χ1) is 23.6. The zero-order valence-electron chi connectivity index (χ0n) is 32.5. The average Bonchev–Trinajstić information content (AvgIpc) is 3.83. The van der Waals surface area contributed by atoms with E-state index in [1.54, 1.807) is 27.7 Å². The third-order valence-corrected chi connectivity index (χ3v) is 14.1. The van der Waals surface area contributed by atoms with Gasteiger partial charge in [0.05, 0.1) is 75.4 Å². The number of hydrogen-bond donors (Lipinski definition) is 4. The summed E-state index contributed by atoms with van der Waals surface area (Å²) in [5, 5.41) is 41.8. The van der Waals surface area contributed by atoms with Crippen LogP contribution in [0.3, 0.4) is 0 Å². The Balaban J connectivity index is 1.08. The van der Waals surface area contributed by atoms with Crippen LogP contribution in [-0.4, -0.2) is 129 Å². The number of ether oxygens (including phenoxy) is 2. The van der Waals surface area contributed by atoms with Crippen LogP contribution in [0.2, 0.25) is 0 Å². The third kappa shape index (κ3) is 8.73. The standard InChI is InChI=1S/C40H74N2O8/c1-29(2)39(47,31(5)43)37(45)49-27-33-19-25-41(23-15-17-35(33)41)21-13-11-9-7-8-10-12-14-22-42-24-16-18-36(42)34(20-26-42)28-50-38(46)40(48,30(3)4)32(6)44/h29-36,43-44,47-48H,7-28H2,1-6H3/q+2/t31-,32-,33+,34+,35+,36+,39+,40+,41?,42?/m1/s1. The van der Waals surface area contributed by atoms with Gasteiger partial charge in [-0.2, -0.15) is 0 Å². The van der Waals surface area contributed by atoms with Gasteiger partial charge >= 0.3 is 11.9 Å². The van der Waals surface area contributed by atoms with Gasteiger partial charge in [-0.3, -0.25) is 0 Å². The maximum atomic E-state index is 12.8. The quantitative estimate of drug-likeness (QED) is 0.0764. The van der Waals surface area contributed by atoms with E-state index in [9.17, 15) is 30.0 Å². The lowest BCUT2D eigenvalue weighted by Gasteiger charge is -2.36. The Kier molecular flexibility index (Phi) is 14.7. The number of aliphatic hydroxyl groups excluding tert-OH is 2. The van der Waals surface area contributed by atoms with E-state index in [1.807, 2.05) is 0 Å². The molecule has 4 aliphatic rings. The number of nitrogens with zero attached hydrogens (tertiary/aromatic N) is 2. The lowest BCUT2D eigenvalue weighted by Crippen LogP contribution is -2.54. The molecule has 290 valence electrons. The van der Waals surface area contributed by atoms with Crippen LogP contribution in [0.5, 0.6) is 0 Å². The van der Waals surface area contributed by atoms with Crippen LogP contribution >= 0.6 is 0 Å². The van der Waals surface area contributed by atoms with E-state index in [2.05, 4.69) is 0 Å². The van der Waals surface area contributed by atoms with Crippen molar-refractivity contribution in [2.24, 2.45) is 23.7 Å². The molecule has 4 saturated heterocycles. The number of rotatable bonds is 21. The van der Waals surface area contributed by atoms with E-state index in [-0.39, 0.29) is 0 Å². The number of hydrogen-bond acceptors (Lipinski definition) is 8. The summed E-state index contributed by atoms with van der Waals surface area (Å²) >= 11 is 0. The largest absolute Gasteiger partial charge is 0.463 e. The average molecular weight is 711 g/mol. The molecule has 0 saturated carbocycles. The van der Waals surface area contributed by atoms with Gasteiger partial charge < -0.3 is 38.9 Å². The van der Waals surface area contributed by atoms with Crippen molar-refractivity contribution in [2.45, 2.75) is 167 Å². The van der Waals surface area contributed by atoms with Crippen LogP contribution in [0, 0.1) is 23.7 Å². The fourth-order valence-corrected chi connectivity index (χ4v) is 10.7. The van der Waals surface area contributed by atoms with Crippen LogP contribution in [0.4, 0.5) is 0 Å². The number of carbonyl (C=O) groups is 2. The zero-order valence-corrected chi connectivity index (χ0v) is 32.5. The summed E-state index contributed by atoms with van der Waals surface area (Å²) in [6, 6.07) is 1.09. The molecular weight excluding hydrogens is 636 g/mol.